The lowest BCUT2D eigenvalue weighted by atomic mass is 9.97. The van der Waals surface area contributed by atoms with Crippen molar-refractivity contribution < 1.29 is 4.79 Å². The van der Waals surface area contributed by atoms with E-state index in [-0.39, 0.29) is 5.91 Å². The van der Waals surface area contributed by atoms with Crippen LogP contribution in [0.15, 0.2) is 11.6 Å². The van der Waals surface area contributed by atoms with Crippen molar-refractivity contribution in [1.29, 1.82) is 0 Å². The van der Waals surface area contributed by atoms with Crippen molar-refractivity contribution in [2.75, 3.05) is 6.54 Å². The molecular formula is C13H23NO. The molecule has 2 heteroatoms. The van der Waals surface area contributed by atoms with E-state index in [9.17, 15) is 4.79 Å². The van der Waals surface area contributed by atoms with Gasteiger partial charge in [-0.1, -0.05) is 25.0 Å². The maximum absolute atomic E-state index is 11.3. The van der Waals surface area contributed by atoms with Gasteiger partial charge in [0.15, 0.2) is 0 Å². The van der Waals surface area contributed by atoms with Crippen molar-refractivity contribution in [2.45, 2.75) is 58.3 Å². The molecule has 1 N–H and O–H groups in total. The second-order valence-corrected chi connectivity index (χ2v) is 4.31. The predicted molar refractivity (Wildman–Crippen MR) is 63.7 cm³/mol. The van der Waals surface area contributed by atoms with Gasteiger partial charge in [-0.2, -0.15) is 0 Å². The summed E-state index contributed by atoms with van der Waals surface area (Å²) in [6, 6.07) is 0. The van der Waals surface area contributed by atoms with Crippen LogP contribution < -0.4 is 5.32 Å². The van der Waals surface area contributed by atoms with E-state index in [1.807, 2.05) is 0 Å². The summed E-state index contributed by atoms with van der Waals surface area (Å²) in [7, 11) is 0. The minimum absolute atomic E-state index is 0.216. The van der Waals surface area contributed by atoms with Gasteiger partial charge in [0.05, 0.1) is 0 Å². The second kappa shape index (κ2) is 7.49. The summed E-state index contributed by atoms with van der Waals surface area (Å²) >= 11 is 0. The van der Waals surface area contributed by atoms with Crippen LogP contribution in [-0.4, -0.2) is 12.5 Å². The Balaban J connectivity index is 2.04. The molecule has 0 saturated heterocycles. The van der Waals surface area contributed by atoms with Crippen molar-refractivity contribution in [3.63, 3.8) is 0 Å². The standard InChI is InChI=1S/C13H23NO/c1-2-3-9-13(15)14-11-10-12-7-5-4-6-8-12/h7H,2-6,8-11H2,1H3,(H,14,15). The number of carbonyl (C=O) groups is 1. The smallest absolute Gasteiger partial charge is 0.220 e. The van der Waals surface area contributed by atoms with Crippen molar-refractivity contribution >= 4 is 5.91 Å². The van der Waals surface area contributed by atoms with Gasteiger partial charge in [0.25, 0.3) is 0 Å². The van der Waals surface area contributed by atoms with Gasteiger partial charge in [0.1, 0.15) is 0 Å². The summed E-state index contributed by atoms with van der Waals surface area (Å²) in [6.45, 7) is 2.94. The number of nitrogens with one attached hydrogen (secondary N) is 1. The molecule has 15 heavy (non-hydrogen) atoms. The molecule has 0 aromatic heterocycles. The lowest BCUT2D eigenvalue weighted by Gasteiger charge is -2.12. The fraction of sp³-hybridized carbons (Fsp3) is 0.769. The van der Waals surface area contributed by atoms with Crippen LogP contribution in [0.2, 0.25) is 0 Å². The summed E-state index contributed by atoms with van der Waals surface area (Å²) in [4.78, 5) is 11.3. The third-order valence-corrected chi connectivity index (χ3v) is 2.91. The summed E-state index contributed by atoms with van der Waals surface area (Å²) in [5.74, 6) is 0.216. The highest BCUT2D eigenvalue weighted by Gasteiger charge is 2.04. The molecule has 1 amide bonds. The van der Waals surface area contributed by atoms with Crippen molar-refractivity contribution in [1.82, 2.24) is 5.32 Å². The van der Waals surface area contributed by atoms with Gasteiger partial charge in [0, 0.05) is 13.0 Å². The van der Waals surface area contributed by atoms with E-state index in [1.165, 1.54) is 31.3 Å². The van der Waals surface area contributed by atoms with Gasteiger partial charge in [0.2, 0.25) is 5.91 Å². The van der Waals surface area contributed by atoms with Crippen molar-refractivity contribution in [3.05, 3.63) is 11.6 Å². The fourth-order valence-electron chi connectivity index (χ4n) is 1.92. The largest absolute Gasteiger partial charge is 0.356 e. The Hall–Kier alpha value is -0.790. The fourth-order valence-corrected chi connectivity index (χ4v) is 1.92. The summed E-state index contributed by atoms with van der Waals surface area (Å²) in [6.07, 6.45) is 11.3. The van der Waals surface area contributed by atoms with E-state index in [0.717, 1.165) is 25.8 Å². The maximum atomic E-state index is 11.3. The lowest BCUT2D eigenvalue weighted by Crippen LogP contribution is -2.24. The Bertz CT molecular complexity index is 221. The van der Waals surface area contributed by atoms with Gasteiger partial charge in [-0.3, -0.25) is 4.79 Å². The zero-order valence-electron chi connectivity index (χ0n) is 9.85. The normalized spacial score (nSPS) is 15.9. The first-order valence-electron chi connectivity index (χ1n) is 6.27. The Morgan fingerprint density at radius 1 is 1.47 bits per heavy atom. The highest BCUT2D eigenvalue weighted by Crippen LogP contribution is 2.19. The molecular weight excluding hydrogens is 186 g/mol. The number of unbranched alkanes of at least 4 members (excludes halogenated alkanes) is 1. The topological polar surface area (TPSA) is 29.1 Å². The van der Waals surface area contributed by atoms with Crippen molar-refractivity contribution in [2.24, 2.45) is 0 Å². The van der Waals surface area contributed by atoms with Crippen LogP contribution in [0.1, 0.15) is 58.3 Å². The first kappa shape index (κ1) is 12.3. The van der Waals surface area contributed by atoms with Crippen LogP contribution in [0, 0.1) is 0 Å². The monoisotopic (exact) mass is 209 g/mol. The van der Waals surface area contributed by atoms with Crippen LogP contribution in [-0.2, 0) is 4.79 Å². The van der Waals surface area contributed by atoms with E-state index in [1.54, 1.807) is 0 Å². The number of carbonyl (C=O) groups excluding carboxylic acids is 1. The van der Waals surface area contributed by atoms with Crippen LogP contribution in [0.5, 0.6) is 0 Å². The van der Waals surface area contributed by atoms with Crippen LogP contribution in [0.25, 0.3) is 0 Å². The molecule has 1 rings (SSSR count). The van der Waals surface area contributed by atoms with E-state index < -0.39 is 0 Å². The highest BCUT2D eigenvalue weighted by molar-refractivity contribution is 5.75. The van der Waals surface area contributed by atoms with Crippen molar-refractivity contribution in [3.8, 4) is 0 Å². The highest BCUT2D eigenvalue weighted by atomic mass is 16.1. The number of hydrogen-bond donors (Lipinski definition) is 1. The molecule has 0 aliphatic heterocycles. The molecule has 86 valence electrons. The Labute approximate surface area is 93.1 Å². The summed E-state index contributed by atoms with van der Waals surface area (Å²) < 4.78 is 0. The average molecular weight is 209 g/mol. The summed E-state index contributed by atoms with van der Waals surface area (Å²) in [5.41, 5.74) is 1.54. The number of allylic oxidation sites excluding steroid dienone is 1. The molecule has 2 nitrogen and oxygen atoms in total. The quantitative estimate of drug-likeness (QED) is 0.669. The molecule has 0 saturated carbocycles. The molecule has 0 aromatic carbocycles. The first-order chi connectivity index (χ1) is 7.33. The Kier molecular flexibility index (Phi) is 6.14. The zero-order valence-corrected chi connectivity index (χ0v) is 9.85. The van der Waals surface area contributed by atoms with Gasteiger partial charge < -0.3 is 5.32 Å². The molecule has 0 unspecified atom stereocenters. The first-order valence-corrected chi connectivity index (χ1v) is 6.27. The number of amides is 1. The molecule has 1 aliphatic carbocycles. The van der Waals surface area contributed by atoms with Gasteiger partial charge in [-0.25, -0.2) is 0 Å². The third kappa shape index (κ3) is 5.60. The second-order valence-electron chi connectivity index (χ2n) is 4.31. The molecule has 0 bridgehead atoms. The minimum atomic E-state index is 0.216. The Morgan fingerprint density at radius 2 is 2.33 bits per heavy atom. The molecule has 0 spiro atoms. The molecule has 0 atom stereocenters. The van der Waals surface area contributed by atoms with Gasteiger partial charge in [-0.05, 0) is 38.5 Å². The number of rotatable bonds is 6. The SMILES string of the molecule is CCCCC(=O)NCCC1=CCCCC1. The van der Waals surface area contributed by atoms with E-state index >= 15 is 0 Å². The van der Waals surface area contributed by atoms with Gasteiger partial charge >= 0.3 is 0 Å². The van der Waals surface area contributed by atoms with E-state index in [0.29, 0.717) is 6.42 Å². The van der Waals surface area contributed by atoms with Crippen LogP contribution in [0.3, 0.4) is 0 Å². The average Bonchev–Trinajstić information content (AvgIpc) is 2.28. The third-order valence-electron chi connectivity index (χ3n) is 2.91. The van der Waals surface area contributed by atoms with E-state index in [4.69, 9.17) is 0 Å². The molecule has 0 radical (unpaired) electrons. The Morgan fingerprint density at radius 3 is 3.00 bits per heavy atom. The summed E-state index contributed by atoms with van der Waals surface area (Å²) in [5, 5.41) is 2.98. The van der Waals surface area contributed by atoms with Crippen LogP contribution >= 0.6 is 0 Å². The van der Waals surface area contributed by atoms with Gasteiger partial charge in [-0.15, -0.1) is 0 Å². The van der Waals surface area contributed by atoms with E-state index in [2.05, 4.69) is 18.3 Å². The molecule has 1 aliphatic rings. The lowest BCUT2D eigenvalue weighted by molar-refractivity contribution is -0.121. The molecule has 0 fully saturated rings. The minimum Gasteiger partial charge on any atom is -0.356 e. The molecule has 0 heterocycles. The predicted octanol–water partition coefficient (Wildman–Crippen LogP) is 3.18. The molecule has 0 aromatic rings. The van der Waals surface area contributed by atoms with Crippen LogP contribution in [0.4, 0.5) is 0 Å². The zero-order chi connectivity index (χ0) is 10.9. The maximum Gasteiger partial charge on any atom is 0.220 e. The number of hydrogen-bond acceptors (Lipinski definition) is 1.